The number of para-hydroxylation sites is 1. The summed E-state index contributed by atoms with van der Waals surface area (Å²) in [7, 11) is 5.14. The zero-order valence-electron chi connectivity index (χ0n) is 13.9. The summed E-state index contributed by atoms with van der Waals surface area (Å²) in [6.45, 7) is 0.903. The van der Waals surface area contributed by atoms with E-state index in [9.17, 15) is 4.79 Å². The van der Waals surface area contributed by atoms with E-state index in [0.29, 0.717) is 23.7 Å². The van der Waals surface area contributed by atoms with Gasteiger partial charge in [0.15, 0.2) is 23.2 Å². The summed E-state index contributed by atoms with van der Waals surface area (Å²) in [5.74, 6) is 1.23. The van der Waals surface area contributed by atoms with Crippen molar-refractivity contribution in [1.82, 2.24) is 4.98 Å². The molecule has 1 aromatic heterocycles. The van der Waals surface area contributed by atoms with E-state index in [1.165, 1.54) is 0 Å². The second-order valence-electron chi connectivity index (χ2n) is 5.35. The maximum absolute atomic E-state index is 12.2. The largest absolute Gasteiger partial charge is 0.493 e. The number of nitrogens with one attached hydrogen (secondary N) is 2. The molecule has 2 aromatic rings. The van der Waals surface area contributed by atoms with Crippen molar-refractivity contribution in [1.29, 1.82) is 0 Å². The number of anilines is 1. The summed E-state index contributed by atoms with van der Waals surface area (Å²) in [5, 5.41) is 3.04. The summed E-state index contributed by atoms with van der Waals surface area (Å²) in [6.07, 6.45) is 1.57. The molecule has 0 aliphatic heterocycles. The number of hydrogen-bond acceptors (Lipinski definition) is 4. The summed E-state index contributed by atoms with van der Waals surface area (Å²) in [5.41, 5.74) is 1.48. The third kappa shape index (κ3) is 4.59. The maximum Gasteiger partial charge on any atom is 0.279 e. The molecule has 6 nitrogen and oxygen atoms in total. The molecule has 7 heteroatoms. The normalized spacial score (nSPS) is 11.7. The van der Waals surface area contributed by atoms with Gasteiger partial charge in [-0.25, -0.2) is 4.98 Å². The highest BCUT2D eigenvalue weighted by atomic mass is 35.5. The molecule has 1 amide bonds. The van der Waals surface area contributed by atoms with Gasteiger partial charge in [-0.3, -0.25) is 4.79 Å². The van der Waals surface area contributed by atoms with Gasteiger partial charge < -0.3 is 19.7 Å². The number of carbonyl (C=O) groups is 1. The predicted molar refractivity (Wildman–Crippen MR) is 92.9 cm³/mol. The monoisotopic (exact) mass is 350 g/mol. The van der Waals surface area contributed by atoms with Gasteiger partial charge in [0.1, 0.15) is 6.54 Å². The van der Waals surface area contributed by atoms with Crippen LogP contribution in [0.25, 0.3) is 0 Å². The molecule has 0 bridgehead atoms. The molecule has 1 atom stereocenters. The number of methoxy groups -OCH3 is 2. The van der Waals surface area contributed by atoms with Crippen molar-refractivity contribution in [3.05, 3.63) is 47.2 Å². The second-order valence-corrected chi connectivity index (χ2v) is 5.71. The van der Waals surface area contributed by atoms with Crippen LogP contribution < -0.4 is 19.7 Å². The van der Waals surface area contributed by atoms with Gasteiger partial charge in [0.25, 0.3) is 5.91 Å². The number of aromatic nitrogens is 1. The highest BCUT2D eigenvalue weighted by Crippen LogP contribution is 2.30. The number of hydrogen-bond donors (Lipinski definition) is 2. The third-order valence-corrected chi connectivity index (χ3v) is 3.77. The number of amides is 1. The lowest BCUT2D eigenvalue weighted by Crippen LogP contribution is -3.08. The van der Waals surface area contributed by atoms with E-state index in [2.05, 4.69) is 10.3 Å². The van der Waals surface area contributed by atoms with Gasteiger partial charge in [-0.1, -0.05) is 17.7 Å². The molecule has 2 rings (SSSR count). The first kappa shape index (κ1) is 18.0. The molecular formula is C17H21ClN3O3+. The first-order valence-electron chi connectivity index (χ1n) is 7.46. The first-order valence-corrected chi connectivity index (χ1v) is 7.84. The molecule has 1 heterocycles. The molecule has 1 unspecified atom stereocenters. The van der Waals surface area contributed by atoms with Gasteiger partial charge in [-0.2, -0.15) is 0 Å². The minimum Gasteiger partial charge on any atom is -0.493 e. The van der Waals surface area contributed by atoms with Crippen LogP contribution in [-0.2, 0) is 11.3 Å². The number of benzene rings is 1. The lowest BCUT2D eigenvalue weighted by molar-refractivity contribution is -0.885. The lowest BCUT2D eigenvalue weighted by atomic mass is 10.1. The topological polar surface area (TPSA) is 64.9 Å². The summed E-state index contributed by atoms with van der Waals surface area (Å²) in [6, 6.07) is 9.14. The van der Waals surface area contributed by atoms with E-state index in [0.717, 1.165) is 10.5 Å². The van der Waals surface area contributed by atoms with Gasteiger partial charge >= 0.3 is 0 Å². The Kier molecular flexibility index (Phi) is 6.40. The molecule has 0 fully saturated rings. The number of rotatable bonds is 7. The average Bonchev–Trinajstić information content (AvgIpc) is 2.56. The fraction of sp³-hybridized carbons (Fsp3) is 0.294. The van der Waals surface area contributed by atoms with Crippen molar-refractivity contribution >= 4 is 23.2 Å². The van der Waals surface area contributed by atoms with Crippen molar-refractivity contribution < 1.29 is 19.2 Å². The van der Waals surface area contributed by atoms with E-state index in [4.69, 9.17) is 21.1 Å². The van der Waals surface area contributed by atoms with Gasteiger partial charge in [0.05, 0.1) is 32.5 Å². The van der Waals surface area contributed by atoms with E-state index in [1.807, 2.05) is 25.2 Å². The van der Waals surface area contributed by atoms with Crippen LogP contribution in [0.15, 0.2) is 36.5 Å². The van der Waals surface area contributed by atoms with Crippen LogP contribution in [0.2, 0.25) is 5.15 Å². The molecule has 0 radical (unpaired) electrons. The van der Waals surface area contributed by atoms with Gasteiger partial charge in [-0.05, 0) is 24.3 Å². The number of quaternary nitrogens is 1. The van der Waals surface area contributed by atoms with E-state index >= 15 is 0 Å². The molecule has 0 saturated heterocycles. The molecule has 0 aliphatic carbocycles. The highest BCUT2D eigenvalue weighted by molar-refractivity contribution is 6.32. The quantitative estimate of drug-likeness (QED) is 0.741. The van der Waals surface area contributed by atoms with E-state index < -0.39 is 0 Å². The van der Waals surface area contributed by atoms with Crippen LogP contribution >= 0.6 is 11.6 Å². The van der Waals surface area contributed by atoms with Crippen LogP contribution in [0.3, 0.4) is 0 Å². The van der Waals surface area contributed by atoms with Crippen molar-refractivity contribution in [2.75, 3.05) is 33.1 Å². The Morgan fingerprint density at radius 1 is 1.25 bits per heavy atom. The number of likely N-dealkylation sites (N-methyl/N-ethyl adjacent to an activating group) is 1. The van der Waals surface area contributed by atoms with Crippen LogP contribution in [0.5, 0.6) is 11.5 Å². The minimum atomic E-state index is -0.135. The van der Waals surface area contributed by atoms with Gasteiger partial charge in [0.2, 0.25) is 0 Å². The van der Waals surface area contributed by atoms with Gasteiger partial charge in [0, 0.05) is 6.20 Å². The standard InChI is InChI=1S/C17H20ClN3O3/c1-21(10-12-6-4-8-14(23-2)16(12)24-3)11-15(22)20-13-7-5-9-19-17(13)18/h4-9H,10-11H2,1-3H3,(H,20,22)/p+1. The van der Waals surface area contributed by atoms with Gasteiger partial charge in [-0.15, -0.1) is 0 Å². The van der Waals surface area contributed by atoms with Crippen molar-refractivity contribution in [3.63, 3.8) is 0 Å². The molecule has 128 valence electrons. The van der Waals surface area contributed by atoms with E-state index in [1.54, 1.807) is 32.5 Å². The SMILES string of the molecule is COc1cccc(C[NH+](C)CC(=O)Nc2cccnc2Cl)c1OC. The summed E-state index contributed by atoms with van der Waals surface area (Å²) < 4.78 is 10.7. The molecular weight excluding hydrogens is 330 g/mol. The van der Waals surface area contributed by atoms with Crippen molar-refractivity contribution in [2.45, 2.75) is 6.54 Å². The fourth-order valence-electron chi connectivity index (χ4n) is 2.43. The number of halogens is 1. The number of carbonyl (C=O) groups excluding carboxylic acids is 1. The highest BCUT2D eigenvalue weighted by Gasteiger charge is 2.16. The summed E-state index contributed by atoms with van der Waals surface area (Å²) in [4.78, 5) is 17.1. The molecule has 2 N–H and O–H groups in total. The zero-order valence-corrected chi connectivity index (χ0v) is 14.7. The van der Waals surface area contributed by atoms with Crippen molar-refractivity contribution in [3.8, 4) is 11.5 Å². The van der Waals surface area contributed by atoms with Crippen LogP contribution in [0, 0.1) is 0 Å². The lowest BCUT2D eigenvalue weighted by Gasteiger charge is -2.17. The minimum absolute atomic E-state index is 0.135. The Morgan fingerprint density at radius 2 is 2.04 bits per heavy atom. The Labute approximate surface area is 146 Å². The Balaban J connectivity index is 1.99. The Hall–Kier alpha value is -2.31. The smallest absolute Gasteiger partial charge is 0.279 e. The third-order valence-electron chi connectivity index (χ3n) is 3.47. The Morgan fingerprint density at radius 3 is 2.71 bits per heavy atom. The summed E-state index contributed by atoms with van der Waals surface area (Å²) >= 11 is 5.94. The molecule has 24 heavy (non-hydrogen) atoms. The van der Waals surface area contributed by atoms with Crippen LogP contribution in [0.1, 0.15) is 5.56 Å². The average molecular weight is 351 g/mol. The first-order chi connectivity index (χ1) is 11.5. The van der Waals surface area contributed by atoms with Crippen LogP contribution in [-0.4, -0.2) is 38.7 Å². The van der Waals surface area contributed by atoms with E-state index in [-0.39, 0.29) is 17.6 Å². The van der Waals surface area contributed by atoms with Crippen LogP contribution in [0.4, 0.5) is 5.69 Å². The molecule has 0 spiro atoms. The van der Waals surface area contributed by atoms with Crippen molar-refractivity contribution in [2.24, 2.45) is 0 Å². The molecule has 0 aliphatic rings. The molecule has 1 aromatic carbocycles. The Bertz CT molecular complexity index is 709. The molecule has 0 saturated carbocycles. The number of ether oxygens (including phenoxy) is 2. The zero-order chi connectivity index (χ0) is 17.5. The second kappa shape index (κ2) is 8.52. The maximum atomic E-state index is 12.2. The number of pyridine rings is 1. The predicted octanol–water partition coefficient (Wildman–Crippen LogP) is 1.41. The number of nitrogens with zero attached hydrogens (tertiary/aromatic N) is 1. The fourth-order valence-corrected chi connectivity index (χ4v) is 2.59.